The summed E-state index contributed by atoms with van der Waals surface area (Å²) in [5.41, 5.74) is 2.36. The standard InChI is InChI=1S/C11H16N2O/c1-2-13-9(8-14)7-12-10-5-3-4-6-11(10)13/h3-6,9,12,14H,2,7-8H2,1H3. The number of aliphatic hydroxyl groups is 1. The van der Waals surface area contributed by atoms with Crippen LogP contribution in [0.2, 0.25) is 0 Å². The predicted octanol–water partition coefficient (Wildman–Crippen LogP) is 1.30. The van der Waals surface area contributed by atoms with Crippen LogP contribution in [0.1, 0.15) is 6.92 Å². The van der Waals surface area contributed by atoms with Crippen molar-refractivity contribution in [1.82, 2.24) is 0 Å². The van der Waals surface area contributed by atoms with E-state index in [1.54, 1.807) is 0 Å². The molecule has 0 amide bonds. The molecule has 1 aromatic rings. The largest absolute Gasteiger partial charge is 0.394 e. The van der Waals surface area contributed by atoms with Crippen molar-refractivity contribution < 1.29 is 5.11 Å². The van der Waals surface area contributed by atoms with Crippen molar-refractivity contribution in [3.05, 3.63) is 24.3 Å². The molecule has 14 heavy (non-hydrogen) atoms. The van der Waals surface area contributed by atoms with Crippen molar-refractivity contribution in [3.63, 3.8) is 0 Å². The van der Waals surface area contributed by atoms with Crippen LogP contribution >= 0.6 is 0 Å². The van der Waals surface area contributed by atoms with Crippen LogP contribution in [-0.4, -0.2) is 30.8 Å². The molecule has 0 aliphatic carbocycles. The van der Waals surface area contributed by atoms with Gasteiger partial charge in [-0.25, -0.2) is 0 Å². The first-order valence-electron chi connectivity index (χ1n) is 5.07. The average molecular weight is 192 g/mol. The van der Waals surface area contributed by atoms with Crippen molar-refractivity contribution in [2.45, 2.75) is 13.0 Å². The maximum absolute atomic E-state index is 9.24. The van der Waals surface area contributed by atoms with Crippen molar-refractivity contribution in [2.24, 2.45) is 0 Å². The van der Waals surface area contributed by atoms with Gasteiger partial charge >= 0.3 is 0 Å². The second kappa shape index (κ2) is 3.88. The maximum Gasteiger partial charge on any atom is 0.0693 e. The zero-order chi connectivity index (χ0) is 9.97. The highest BCUT2D eigenvalue weighted by Gasteiger charge is 2.23. The highest BCUT2D eigenvalue weighted by Crippen LogP contribution is 2.30. The molecule has 0 saturated heterocycles. The topological polar surface area (TPSA) is 35.5 Å². The second-order valence-electron chi connectivity index (χ2n) is 3.52. The molecule has 0 fully saturated rings. The van der Waals surface area contributed by atoms with Crippen LogP contribution in [0, 0.1) is 0 Å². The Morgan fingerprint density at radius 2 is 2.29 bits per heavy atom. The third-order valence-corrected chi connectivity index (χ3v) is 2.73. The number of aliphatic hydroxyl groups excluding tert-OH is 1. The molecule has 0 saturated carbocycles. The van der Waals surface area contributed by atoms with Crippen LogP contribution < -0.4 is 10.2 Å². The summed E-state index contributed by atoms with van der Waals surface area (Å²) < 4.78 is 0. The minimum absolute atomic E-state index is 0.204. The number of nitrogens with zero attached hydrogens (tertiary/aromatic N) is 1. The highest BCUT2D eigenvalue weighted by molar-refractivity contribution is 5.72. The van der Waals surface area contributed by atoms with Gasteiger partial charge in [0.2, 0.25) is 0 Å². The van der Waals surface area contributed by atoms with E-state index in [4.69, 9.17) is 0 Å². The lowest BCUT2D eigenvalue weighted by Crippen LogP contribution is -2.46. The van der Waals surface area contributed by atoms with Gasteiger partial charge in [0.1, 0.15) is 0 Å². The molecule has 0 radical (unpaired) electrons. The number of benzene rings is 1. The van der Waals surface area contributed by atoms with E-state index in [1.807, 2.05) is 12.1 Å². The van der Waals surface area contributed by atoms with Crippen LogP contribution in [0.3, 0.4) is 0 Å². The first-order chi connectivity index (χ1) is 6.86. The Hall–Kier alpha value is -1.22. The van der Waals surface area contributed by atoms with Crippen LogP contribution in [0.5, 0.6) is 0 Å². The Labute approximate surface area is 84.4 Å². The SMILES string of the molecule is CCN1c2ccccc2NCC1CO. The molecule has 3 heteroatoms. The molecular weight excluding hydrogens is 176 g/mol. The molecule has 0 spiro atoms. The molecule has 1 aromatic carbocycles. The molecule has 1 aliphatic rings. The minimum Gasteiger partial charge on any atom is -0.394 e. The average Bonchev–Trinajstić information content (AvgIpc) is 2.27. The molecular formula is C11H16N2O. The lowest BCUT2D eigenvalue weighted by Gasteiger charge is -2.37. The molecule has 2 rings (SSSR count). The molecule has 0 bridgehead atoms. The molecule has 1 heterocycles. The van der Waals surface area contributed by atoms with E-state index >= 15 is 0 Å². The minimum atomic E-state index is 0.204. The smallest absolute Gasteiger partial charge is 0.0693 e. The third-order valence-electron chi connectivity index (χ3n) is 2.73. The van der Waals surface area contributed by atoms with Gasteiger partial charge in [0.25, 0.3) is 0 Å². The Kier molecular flexibility index (Phi) is 2.59. The van der Waals surface area contributed by atoms with E-state index in [9.17, 15) is 5.11 Å². The van der Waals surface area contributed by atoms with E-state index in [1.165, 1.54) is 11.4 Å². The van der Waals surface area contributed by atoms with Crippen molar-refractivity contribution in [1.29, 1.82) is 0 Å². The van der Waals surface area contributed by atoms with Crippen LogP contribution in [-0.2, 0) is 0 Å². The summed E-state index contributed by atoms with van der Waals surface area (Å²) >= 11 is 0. The molecule has 1 aliphatic heterocycles. The molecule has 1 atom stereocenters. The summed E-state index contributed by atoms with van der Waals surface area (Å²) in [7, 11) is 0. The van der Waals surface area contributed by atoms with Gasteiger partial charge < -0.3 is 15.3 Å². The lowest BCUT2D eigenvalue weighted by atomic mass is 10.1. The number of nitrogens with one attached hydrogen (secondary N) is 1. The number of para-hydroxylation sites is 2. The maximum atomic E-state index is 9.24. The van der Waals surface area contributed by atoms with Gasteiger partial charge in [-0.05, 0) is 19.1 Å². The van der Waals surface area contributed by atoms with E-state index in [0.717, 1.165) is 13.1 Å². The fourth-order valence-electron chi connectivity index (χ4n) is 2.00. The van der Waals surface area contributed by atoms with E-state index in [0.29, 0.717) is 0 Å². The Balaban J connectivity index is 2.34. The second-order valence-corrected chi connectivity index (χ2v) is 3.52. The molecule has 3 nitrogen and oxygen atoms in total. The first kappa shape index (κ1) is 9.34. The summed E-state index contributed by atoms with van der Waals surface area (Å²) in [5, 5.41) is 12.6. The van der Waals surface area contributed by atoms with Crippen LogP contribution in [0.25, 0.3) is 0 Å². The number of likely N-dealkylation sites (N-methyl/N-ethyl adjacent to an activating group) is 1. The zero-order valence-corrected chi connectivity index (χ0v) is 8.40. The summed E-state index contributed by atoms with van der Waals surface area (Å²) in [4.78, 5) is 2.24. The predicted molar refractivity (Wildman–Crippen MR) is 58.8 cm³/mol. The molecule has 0 aromatic heterocycles. The Morgan fingerprint density at radius 1 is 1.50 bits per heavy atom. The van der Waals surface area contributed by atoms with Gasteiger partial charge in [0.15, 0.2) is 0 Å². The number of anilines is 2. The summed E-state index contributed by atoms with van der Waals surface area (Å²) in [6.45, 7) is 4.07. The Morgan fingerprint density at radius 3 is 3.00 bits per heavy atom. The van der Waals surface area contributed by atoms with E-state index in [2.05, 4.69) is 29.3 Å². The molecule has 2 N–H and O–H groups in total. The Bertz CT molecular complexity index is 314. The number of fused-ring (bicyclic) bond motifs is 1. The number of hydrogen-bond acceptors (Lipinski definition) is 3. The van der Waals surface area contributed by atoms with Gasteiger partial charge in [0, 0.05) is 13.1 Å². The first-order valence-corrected chi connectivity index (χ1v) is 5.07. The normalized spacial score (nSPS) is 20.1. The summed E-state index contributed by atoms with van der Waals surface area (Å²) in [6.07, 6.45) is 0. The quantitative estimate of drug-likeness (QED) is 0.741. The highest BCUT2D eigenvalue weighted by atomic mass is 16.3. The van der Waals surface area contributed by atoms with Gasteiger partial charge in [-0.2, -0.15) is 0 Å². The van der Waals surface area contributed by atoms with Crippen molar-refractivity contribution in [2.75, 3.05) is 29.9 Å². The van der Waals surface area contributed by atoms with Gasteiger partial charge in [0.05, 0.1) is 24.0 Å². The van der Waals surface area contributed by atoms with Gasteiger partial charge in [-0.1, -0.05) is 12.1 Å². The van der Waals surface area contributed by atoms with E-state index < -0.39 is 0 Å². The molecule has 76 valence electrons. The van der Waals surface area contributed by atoms with Crippen LogP contribution in [0.15, 0.2) is 24.3 Å². The number of rotatable bonds is 2. The third kappa shape index (κ3) is 1.44. The van der Waals surface area contributed by atoms with Gasteiger partial charge in [-0.3, -0.25) is 0 Å². The van der Waals surface area contributed by atoms with Crippen molar-refractivity contribution >= 4 is 11.4 Å². The number of hydrogen-bond donors (Lipinski definition) is 2. The molecule has 1 unspecified atom stereocenters. The zero-order valence-electron chi connectivity index (χ0n) is 8.40. The lowest BCUT2D eigenvalue weighted by molar-refractivity contribution is 0.263. The van der Waals surface area contributed by atoms with Gasteiger partial charge in [-0.15, -0.1) is 0 Å². The summed E-state index contributed by atoms with van der Waals surface area (Å²) in [6, 6.07) is 8.43. The van der Waals surface area contributed by atoms with E-state index in [-0.39, 0.29) is 12.6 Å². The monoisotopic (exact) mass is 192 g/mol. The fourth-order valence-corrected chi connectivity index (χ4v) is 2.00. The summed E-state index contributed by atoms with van der Waals surface area (Å²) in [5.74, 6) is 0. The van der Waals surface area contributed by atoms with Crippen molar-refractivity contribution in [3.8, 4) is 0 Å². The van der Waals surface area contributed by atoms with Crippen LogP contribution in [0.4, 0.5) is 11.4 Å². The fraction of sp³-hybridized carbons (Fsp3) is 0.455.